The third-order valence-electron chi connectivity index (χ3n) is 1.98. The Bertz CT molecular complexity index is 368. The molecule has 1 rings (SSSR count). The summed E-state index contributed by atoms with van der Waals surface area (Å²) in [6.45, 7) is 0.670. The van der Waals surface area contributed by atoms with Crippen molar-refractivity contribution in [3.8, 4) is 0 Å². The summed E-state index contributed by atoms with van der Waals surface area (Å²) in [4.78, 5) is 12.2. The van der Waals surface area contributed by atoms with Crippen LogP contribution in [0.1, 0.15) is 10.4 Å². The van der Waals surface area contributed by atoms with Crippen molar-refractivity contribution >= 4 is 23.4 Å². The fraction of sp³-hybridized carbons (Fsp3) is 0.364. The second kappa shape index (κ2) is 6.40. The van der Waals surface area contributed by atoms with E-state index in [-0.39, 0.29) is 5.97 Å². The van der Waals surface area contributed by atoms with Crippen molar-refractivity contribution in [2.75, 3.05) is 32.3 Å². The highest BCUT2D eigenvalue weighted by atomic mass is 32.2. The highest BCUT2D eigenvalue weighted by Gasteiger charge is 2.08. The largest absolute Gasteiger partial charge is 0.465 e. The van der Waals surface area contributed by atoms with Crippen LogP contribution in [0.4, 0.5) is 5.69 Å². The summed E-state index contributed by atoms with van der Waals surface area (Å²) in [5.41, 5.74) is 6.88. The Labute approximate surface area is 99.1 Å². The van der Waals surface area contributed by atoms with Gasteiger partial charge in [0.15, 0.2) is 0 Å². The van der Waals surface area contributed by atoms with Gasteiger partial charge < -0.3 is 15.2 Å². The molecule has 0 spiro atoms. The SMILES string of the molecule is COCCSc1ccc(C(=O)OC)cc1N. The van der Waals surface area contributed by atoms with Gasteiger partial charge in [-0.2, -0.15) is 0 Å². The van der Waals surface area contributed by atoms with Gasteiger partial charge in [-0.25, -0.2) is 4.79 Å². The van der Waals surface area contributed by atoms with Gasteiger partial charge in [0, 0.05) is 23.4 Å². The second-order valence-electron chi connectivity index (χ2n) is 3.09. The first-order chi connectivity index (χ1) is 7.69. The number of methoxy groups -OCH3 is 2. The first kappa shape index (κ1) is 12.9. The Balaban J connectivity index is 2.71. The Morgan fingerprint density at radius 1 is 1.44 bits per heavy atom. The van der Waals surface area contributed by atoms with Crippen molar-refractivity contribution in [2.45, 2.75) is 4.90 Å². The third kappa shape index (κ3) is 3.43. The maximum absolute atomic E-state index is 11.2. The molecule has 1 aromatic carbocycles. The number of hydrogen-bond acceptors (Lipinski definition) is 5. The van der Waals surface area contributed by atoms with Crippen LogP contribution >= 0.6 is 11.8 Å². The number of esters is 1. The van der Waals surface area contributed by atoms with Crippen LogP contribution in [0.25, 0.3) is 0 Å². The molecule has 0 aliphatic heterocycles. The van der Waals surface area contributed by atoms with Crippen molar-refractivity contribution in [3.63, 3.8) is 0 Å². The number of nitrogens with two attached hydrogens (primary N) is 1. The molecule has 1 aromatic rings. The van der Waals surface area contributed by atoms with E-state index in [4.69, 9.17) is 10.5 Å². The van der Waals surface area contributed by atoms with Gasteiger partial charge in [-0.15, -0.1) is 11.8 Å². The summed E-state index contributed by atoms with van der Waals surface area (Å²) in [5, 5.41) is 0. The lowest BCUT2D eigenvalue weighted by atomic mass is 10.2. The van der Waals surface area contributed by atoms with E-state index in [1.165, 1.54) is 7.11 Å². The van der Waals surface area contributed by atoms with Gasteiger partial charge in [0.25, 0.3) is 0 Å². The zero-order valence-electron chi connectivity index (χ0n) is 9.36. The summed E-state index contributed by atoms with van der Waals surface area (Å²) in [5.74, 6) is 0.457. The smallest absolute Gasteiger partial charge is 0.337 e. The maximum atomic E-state index is 11.2. The zero-order valence-corrected chi connectivity index (χ0v) is 10.2. The lowest BCUT2D eigenvalue weighted by molar-refractivity contribution is 0.0600. The van der Waals surface area contributed by atoms with Gasteiger partial charge in [-0.05, 0) is 18.2 Å². The van der Waals surface area contributed by atoms with Crippen molar-refractivity contribution < 1.29 is 14.3 Å². The predicted molar refractivity (Wildman–Crippen MR) is 64.8 cm³/mol. The molecular formula is C11H15NO3S. The molecule has 0 atom stereocenters. The zero-order chi connectivity index (χ0) is 12.0. The molecule has 0 aromatic heterocycles. The molecular weight excluding hydrogens is 226 g/mol. The average Bonchev–Trinajstić information content (AvgIpc) is 2.30. The van der Waals surface area contributed by atoms with Crippen LogP contribution in [-0.4, -0.2) is 32.5 Å². The summed E-state index contributed by atoms with van der Waals surface area (Å²) < 4.78 is 9.56. The first-order valence-electron chi connectivity index (χ1n) is 4.78. The summed E-state index contributed by atoms with van der Waals surface area (Å²) >= 11 is 1.60. The Hall–Kier alpha value is -1.20. The summed E-state index contributed by atoms with van der Waals surface area (Å²) in [6.07, 6.45) is 0. The topological polar surface area (TPSA) is 61.5 Å². The molecule has 0 radical (unpaired) electrons. The van der Waals surface area contributed by atoms with E-state index in [0.717, 1.165) is 10.6 Å². The van der Waals surface area contributed by atoms with Crippen LogP contribution in [0, 0.1) is 0 Å². The first-order valence-corrected chi connectivity index (χ1v) is 5.77. The third-order valence-corrected chi connectivity index (χ3v) is 3.03. The van der Waals surface area contributed by atoms with Gasteiger partial charge in [-0.3, -0.25) is 0 Å². The molecule has 2 N–H and O–H groups in total. The highest BCUT2D eigenvalue weighted by molar-refractivity contribution is 7.99. The summed E-state index contributed by atoms with van der Waals surface area (Å²) in [7, 11) is 3.00. The van der Waals surface area contributed by atoms with Crippen LogP contribution in [-0.2, 0) is 9.47 Å². The van der Waals surface area contributed by atoms with Crippen LogP contribution in [0.15, 0.2) is 23.1 Å². The number of carbonyl (C=O) groups excluding carboxylic acids is 1. The van der Waals surface area contributed by atoms with Crippen LogP contribution in [0.2, 0.25) is 0 Å². The number of carbonyl (C=O) groups is 1. The number of ether oxygens (including phenoxy) is 2. The minimum Gasteiger partial charge on any atom is -0.465 e. The molecule has 0 saturated heterocycles. The maximum Gasteiger partial charge on any atom is 0.337 e. The fourth-order valence-corrected chi connectivity index (χ4v) is 2.02. The molecule has 5 heteroatoms. The van der Waals surface area contributed by atoms with E-state index in [1.54, 1.807) is 31.0 Å². The molecule has 0 heterocycles. The van der Waals surface area contributed by atoms with E-state index in [2.05, 4.69) is 4.74 Å². The number of rotatable bonds is 5. The second-order valence-corrected chi connectivity index (χ2v) is 4.22. The van der Waals surface area contributed by atoms with Gasteiger partial charge in [0.1, 0.15) is 0 Å². The average molecular weight is 241 g/mol. The van der Waals surface area contributed by atoms with Crippen LogP contribution in [0.3, 0.4) is 0 Å². The predicted octanol–water partition coefficient (Wildman–Crippen LogP) is 1.79. The molecule has 0 unspecified atom stereocenters. The molecule has 0 aliphatic rings. The normalized spacial score (nSPS) is 10.1. The highest BCUT2D eigenvalue weighted by Crippen LogP contribution is 2.25. The standard InChI is InChI=1S/C11H15NO3S/c1-14-5-6-16-10-4-3-8(7-9(10)12)11(13)15-2/h3-4,7H,5-6,12H2,1-2H3. The van der Waals surface area contributed by atoms with Crippen LogP contribution < -0.4 is 5.73 Å². The van der Waals surface area contributed by atoms with E-state index in [0.29, 0.717) is 17.9 Å². The Morgan fingerprint density at radius 2 is 2.19 bits per heavy atom. The van der Waals surface area contributed by atoms with Gasteiger partial charge in [0.2, 0.25) is 0 Å². The number of anilines is 1. The minimum absolute atomic E-state index is 0.375. The quantitative estimate of drug-likeness (QED) is 0.368. The van der Waals surface area contributed by atoms with E-state index in [1.807, 2.05) is 6.07 Å². The molecule has 16 heavy (non-hydrogen) atoms. The van der Waals surface area contributed by atoms with Crippen molar-refractivity contribution in [2.24, 2.45) is 0 Å². The number of hydrogen-bond donors (Lipinski definition) is 1. The molecule has 0 aliphatic carbocycles. The van der Waals surface area contributed by atoms with Crippen molar-refractivity contribution in [1.82, 2.24) is 0 Å². The molecule has 0 saturated carbocycles. The van der Waals surface area contributed by atoms with E-state index >= 15 is 0 Å². The van der Waals surface area contributed by atoms with Crippen molar-refractivity contribution in [3.05, 3.63) is 23.8 Å². The number of nitrogen functional groups attached to an aromatic ring is 1. The monoisotopic (exact) mass is 241 g/mol. The lowest BCUT2D eigenvalue weighted by Gasteiger charge is -2.06. The Kier molecular flexibility index (Phi) is 5.14. The Morgan fingerprint density at radius 3 is 2.75 bits per heavy atom. The van der Waals surface area contributed by atoms with Crippen LogP contribution in [0.5, 0.6) is 0 Å². The minimum atomic E-state index is -0.375. The molecule has 4 nitrogen and oxygen atoms in total. The molecule has 88 valence electrons. The van der Waals surface area contributed by atoms with E-state index in [9.17, 15) is 4.79 Å². The van der Waals surface area contributed by atoms with Gasteiger partial charge in [0.05, 0.1) is 19.3 Å². The fourth-order valence-electron chi connectivity index (χ4n) is 1.16. The van der Waals surface area contributed by atoms with Gasteiger partial charge in [-0.1, -0.05) is 0 Å². The van der Waals surface area contributed by atoms with E-state index < -0.39 is 0 Å². The van der Waals surface area contributed by atoms with Crippen molar-refractivity contribution in [1.29, 1.82) is 0 Å². The molecule has 0 fully saturated rings. The number of benzene rings is 1. The summed E-state index contributed by atoms with van der Waals surface area (Å²) in [6, 6.07) is 5.15. The lowest BCUT2D eigenvalue weighted by Crippen LogP contribution is -2.02. The van der Waals surface area contributed by atoms with Gasteiger partial charge >= 0.3 is 5.97 Å². The molecule has 0 bridgehead atoms. The molecule has 0 amide bonds. The number of thioether (sulfide) groups is 1.